The van der Waals surface area contributed by atoms with Crippen LogP contribution in [0.15, 0.2) is 23.0 Å². The summed E-state index contributed by atoms with van der Waals surface area (Å²) < 4.78 is 0. The van der Waals surface area contributed by atoms with E-state index < -0.39 is 0 Å². The van der Waals surface area contributed by atoms with Gasteiger partial charge in [0.15, 0.2) is 0 Å². The van der Waals surface area contributed by atoms with Gasteiger partial charge in [-0.3, -0.25) is 5.10 Å². The molecule has 0 saturated heterocycles. The monoisotopic (exact) mass is 257 g/mol. The van der Waals surface area contributed by atoms with Gasteiger partial charge in [-0.1, -0.05) is 6.07 Å². The van der Waals surface area contributed by atoms with Crippen LogP contribution in [0.1, 0.15) is 11.4 Å². The summed E-state index contributed by atoms with van der Waals surface area (Å²) in [6.07, 6.45) is 0. The zero-order valence-electron chi connectivity index (χ0n) is 10.8. The molecule has 2 heterocycles. The Kier molecular flexibility index (Phi) is 2.72. The molecule has 0 aliphatic carbocycles. The Morgan fingerprint density at radius 1 is 1.26 bits per heavy atom. The number of rotatable bonds is 3. The van der Waals surface area contributed by atoms with Gasteiger partial charge >= 0.3 is 5.69 Å². The number of fused-ring (bicyclic) bond motifs is 1. The van der Waals surface area contributed by atoms with Gasteiger partial charge in [-0.05, 0) is 31.7 Å². The summed E-state index contributed by atoms with van der Waals surface area (Å²) in [6, 6.07) is 5.85. The lowest BCUT2D eigenvalue weighted by molar-refractivity contribution is 0.785. The fraction of sp³-hybridized carbons (Fsp3) is 0.231. The summed E-state index contributed by atoms with van der Waals surface area (Å²) in [5.41, 5.74) is 5.53. The minimum Gasteiger partial charge on any atom is -0.314 e. The Bertz CT molecular complexity index is 780. The molecule has 0 fully saturated rings. The van der Waals surface area contributed by atoms with Crippen molar-refractivity contribution in [1.29, 1.82) is 0 Å². The van der Waals surface area contributed by atoms with Crippen molar-refractivity contribution in [2.24, 2.45) is 0 Å². The van der Waals surface area contributed by atoms with Gasteiger partial charge in [0.1, 0.15) is 0 Å². The standard InChI is InChI=1S/C13H15N5O/c1-7-12(11(6-14-2)18-17-7)8-3-4-9-10(5-8)16-13(19)15-9/h3-5,14H,6H2,1-2H3,(H,17,18)(H2,15,16,19). The quantitative estimate of drug-likeness (QED) is 0.569. The summed E-state index contributed by atoms with van der Waals surface area (Å²) in [5, 5.41) is 10.4. The van der Waals surface area contributed by atoms with E-state index in [-0.39, 0.29) is 5.69 Å². The smallest absolute Gasteiger partial charge is 0.314 e. The van der Waals surface area contributed by atoms with Gasteiger partial charge in [0.25, 0.3) is 0 Å². The van der Waals surface area contributed by atoms with Crippen LogP contribution < -0.4 is 11.0 Å². The molecule has 0 amide bonds. The minimum absolute atomic E-state index is 0.188. The molecule has 0 radical (unpaired) electrons. The lowest BCUT2D eigenvalue weighted by Gasteiger charge is -2.04. The molecule has 0 spiro atoms. The van der Waals surface area contributed by atoms with E-state index >= 15 is 0 Å². The van der Waals surface area contributed by atoms with Crippen LogP contribution in [0.4, 0.5) is 0 Å². The van der Waals surface area contributed by atoms with Gasteiger partial charge in [0.05, 0.1) is 16.7 Å². The second-order valence-electron chi connectivity index (χ2n) is 4.54. The summed E-state index contributed by atoms with van der Waals surface area (Å²) in [4.78, 5) is 16.8. The Hall–Kier alpha value is -2.34. The lowest BCUT2D eigenvalue weighted by Crippen LogP contribution is -2.06. The van der Waals surface area contributed by atoms with Gasteiger partial charge in [0.2, 0.25) is 0 Å². The molecule has 6 heteroatoms. The third-order valence-corrected chi connectivity index (χ3v) is 3.17. The number of hydrogen-bond acceptors (Lipinski definition) is 3. The van der Waals surface area contributed by atoms with Crippen LogP contribution in [0, 0.1) is 6.92 Å². The van der Waals surface area contributed by atoms with Crippen molar-refractivity contribution in [3.63, 3.8) is 0 Å². The average Bonchev–Trinajstić information content (AvgIpc) is 2.91. The molecule has 4 N–H and O–H groups in total. The molecular formula is C13H15N5O. The van der Waals surface area contributed by atoms with Crippen molar-refractivity contribution >= 4 is 11.0 Å². The van der Waals surface area contributed by atoms with E-state index in [9.17, 15) is 4.79 Å². The van der Waals surface area contributed by atoms with Crippen LogP contribution in [0.5, 0.6) is 0 Å². The van der Waals surface area contributed by atoms with Gasteiger partial charge < -0.3 is 15.3 Å². The first kappa shape index (κ1) is 11.7. The Morgan fingerprint density at radius 2 is 2.05 bits per heavy atom. The van der Waals surface area contributed by atoms with E-state index in [2.05, 4.69) is 25.5 Å². The summed E-state index contributed by atoms with van der Waals surface area (Å²) in [5.74, 6) is 0. The van der Waals surface area contributed by atoms with Crippen molar-refractivity contribution < 1.29 is 0 Å². The van der Waals surface area contributed by atoms with Gasteiger partial charge in [-0.25, -0.2) is 4.79 Å². The van der Waals surface area contributed by atoms with Gasteiger partial charge in [0, 0.05) is 17.8 Å². The largest absolute Gasteiger partial charge is 0.323 e. The highest BCUT2D eigenvalue weighted by molar-refractivity contribution is 5.82. The van der Waals surface area contributed by atoms with E-state index in [1.54, 1.807) is 0 Å². The number of hydrogen-bond donors (Lipinski definition) is 4. The molecular weight excluding hydrogens is 242 g/mol. The summed E-state index contributed by atoms with van der Waals surface area (Å²) in [6.45, 7) is 2.69. The first-order chi connectivity index (χ1) is 9.19. The number of aryl methyl sites for hydroxylation is 1. The van der Waals surface area contributed by atoms with E-state index in [0.717, 1.165) is 33.5 Å². The minimum atomic E-state index is -0.188. The molecule has 3 aromatic rings. The Morgan fingerprint density at radius 3 is 2.84 bits per heavy atom. The van der Waals surface area contributed by atoms with Gasteiger partial charge in [-0.2, -0.15) is 5.10 Å². The SMILES string of the molecule is CNCc1n[nH]c(C)c1-c1ccc2[nH]c(=O)[nH]c2c1. The number of nitrogens with zero attached hydrogens (tertiary/aromatic N) is 1. The number of benzene rings is 1. The Labute approximate surface area is 109 Å². The third kappa shape index (κ3) is 1.96. The van der Waals surface area contributed by atoms with Crippen LogP contribution in [0.3, 0.4) is 0 Å². The van der Waals surface area contributed by atoms with Crippen LogP contribution in [0.2, 0.25) is 0 Å². The molecule has 1 aromatic carbocycles. The predicted molar refractivity (Wildman–Crippen MR) is 74.0 cm³/mol. The maximum Gasteiger partial charge on any atom is 0.323 e. The lowest BCUT2D eigenvalue weighted by atomic mass is 10.0. The first-order valence-electron chi connectivity index (χ1n) is 6.10. The van der Waals surface area contributed by atoms with Crippen LogP contribution in [-0.2, 0) is 6.54 Å². The first-order valence-corrected chi connectivity index (χ1v) is 6.10. The zero-order valence-corrected chi connectivity index (χ0v) is 10.8. The molecule has 0 atom stereocenters. The number of nitrogens with one attached hydrogen (secondary N) is 4. The highest BCUT2D eigenvalue weighted by atomic mass is 16.1. The van der Waals surface area contributed by atoms with Crippen LogP contribution in [0.25, 0.3) is 22.2 Å². The number of imidazole rings is 1. The molecule has 98 valence electrons. The number of H-pyrrole nitrogens is 3. The predicted octanol–water partition coefficient (Wildman–Crippen LogP) is 1.27. The highest BCUT2D eigenvalue weighted by Crippen LogP contribution is 2.27. The van der Waals surface area contributed by atoms with E-state index in [1.165, 1.54) is 0 Å². The molecule has 3 rings (SSSR count). The van der Waals surface area contributed by atoms with E-state index in [4.69, 9.17) is 0 Å². The number of aromatic amines is 3. The topological polar surface area (TPSA) is 89.4 Å². The molecule has 0 saturated carbocycles. The fourth-order valence-electron chi connectivity index (χ4n) is 2.35. The molecule has 0 aliphatic rings. The summed E-state index contributed by atoms with van der Waals surface area (Å²) >= 11 is 0. The van der Waals surface area contributed by atoms with Crippen molar-refractivity contribution in [3.05, 3.63) is 40.1 Å². The average molecular weight is 257 g/mol. The maximum absolute atomic E-state index is 11.3. The second kappa shape index (κ2) is 4.40. The van der Waals surface area contributed by atoms with Gasteiger partial charge in [-0.15, -0.1) is 0 Å². The molecule has 0 bridgehead atoms. The van der Waals surface area contributed by atoms with Crippen molar-refractivity contribution in [3.8, 4) is 11.1 Å². The second-order valence-corrected chi connectivity index (χ2v) is 4.54. The Balaban J connectivity index is 2.17. The molecule has 6 nitrogen and oxygen atoms in total. The van der Waals surface area contributed by atoms with Crippen molar-refractivity contribution in [2.45, 2.75) is 13.5 Å². The normalized spacial score (nSPS) is 11.3. The molecule has 19 heavy (non-hydrogen) atoms. The molecule has 0 unspecified atom stereocenters. The van der Waals surface area contributed by atoms with E-state index in [1.807, 2.05) is 32.2 Å². The number of aromatic nitrogens is 4. The third-order valence-electron chi connectivity index (χ3n) is 3.17. The zero-order chi connectivity index (χ0) is 13.4. The summed E-state index contributed by atoms with van der Waals surface area (Å²) in [7, 11) is 1.89. The molecule has 2 aromatic heterocycles. The van der Waals surface area contributed by atoms with Crippen LogP contribution >= 0.6 is 0 Å². The van der Waals surface area contributed by atoms with Crippen molar-refractivity contribution in [1.82, 2.24) is 25.5 Å². The maximum atomic E-state index is 11.3. The van der Waals surface area contributed by atoms with E-state index in [0.29, 0.717) is 6.54 Å². The van der Waals surface area contributed by atoms with Crippen LogP contribution in [-0.4, -0.2) is 27.2 Å². The molecule has 0 aliphatic heterocycles. The van der Waals surface area contributed by atoms with Crippen molar-refractivity contribution in [2.75, 3.05) is 7.05 Å². The highest BCUT2D eigenvalue weighted by Gasteiger charge is 2.12. The fourth-order valence-corrected chi connectivity index (χ4v) is 2.35.